The van der Waals surface area contributed by atoms with Crippen molar-refractivity contribution in [1.82, 2.24) is 19.7 Å². The normalized spacial score (nSPS) is 10.8. The number of nitrogens with zero attached hydrogens (tertiary/aromatic N) is 4. The van der Waals surface area contributed by atoms with Crippen molar-refractivity contribution in [3.05, 3.63) is 29.2 Å². The van der Waals surface area contributed by atoms with E-state index < -0.39 is 0 Å². The Morgan fingerprint density at radius 3 is 2.82 bits per heavy atom. The van der Waals surface area contributed by atoms with Crippen molar-refractivity contribution < 1.29 is 0 Å². The van der Waals surface area contributed by atoms with Crippen molar-refractivity contribution in [3.8, 4) is 11.5 Å². The minimum absolute atomic E-state index is 0.482. The van der Waals surface area contributed by atoms with Crippen LogP contribution >= 0.6 is 11.6 Å². The molecule has 0 aliphatic carbocycles. The maximum Gasteiger partial charge on any atom is 0.179 e. The summed E-state index contributed by atoms with van der Waals surface area (Å²) >= 11 is 5.99. The molecule has 0 aliphatic heterocycles. The third kappa shape index (κ3) is 2.64. The van der Waals surface area contributed by atoms with Crippen LogP contribution in [0.3, 0.4) is 0 Å². The van der Waals surface area contributed by atoms with E-state index >= 15 is 0 Å². The van der Waals surface area contributed by atoms with Gasteiger partial charge in [-0.3, -0.25) is 4.68 Å². The topological polar surface area (TPSA) is 43.6 Å². The van der Waals surface area contributed by atoms with Gasteiger partial charge in [0.15, 0.2) is 5.82 Å². The molecular weight excluding hydrogens is 236 g/mol. The summed E-state index contributed by atoms with van der Waals surface area (Å²) in [5, 5.41) is 4.74. The van der Waals surface area contributed by atoms with Crippen LogP contribution in [0.25, 0.3) is 11.5 Å². The Bertz CT molecular complexity index is 507. The van der Waals surface area contributed by atoms with Gasteiger partial charge in [-0.15, -0.1) is 0 Å². The predicted octanol–water partition coefficient (Wildman–Crippen LogP) is 2.97. The highest BCUT2D eigenvalue weighted by atomic mass is 35.5. The molecule has 0 atom stereocenters. The molecule has 0 aromatic carbocycles. The minimum atomic E-state index is 0.482. The van der Waals surface area contributed by atoms with Gasteiger partial charge in [0.2, 0.25) is 0 Å². The molecule has 0 radical (unpaired) electrons. The lowest BCUT2D eigenvalue weighted by Gasteiger charge is -2.06. The second-order valence-electron chi connectivity index (χ2n) is 3.80. The molecule has 2 aromatic heterocycles. The Morgan fingerprint density at radius 1 is 1.29 bits per heavy atom. The van der Waals surface area contributed by atoms with Gasteiger partial charge >= 0.3 is 0 Å². The maximum atomic E-state index is 5.99. The van der Waals surface area contributed by atoms with Crippen molar-refractivity contribution in [3.63, 3.8) is 0 Å². The highest BCUT2D eigenvalue weighted by Crippen LogP contribution is 2.18. The van der Waals surface area contributed by atoms with Crippen LogP contribution in [0.4, 0.5) is 0 Å². The van der Waals surface area contributed by atoms with E-state index in [0.717, 1.165) is 30.8 Å². The molecule has 0 saturated heterocycles. The van der Waals surface area contributed by atoms with Gasteiger partial charge in [0, 0.05) is 18.4 Å². The van der Waals surface area contributed by atoms with Gasteiger partial charge in [0.1, 0.15) is 10.8 Å². The van der Waals surface area contributed by atoms with Crippen LogP contribution in [0.1, 0.15) is 26.0 Å². The van der Waals surface area contributed by atoms with E-state index in [1.54, 1.807) is 12.3 Å². The van der Waals surface area contributed by atoms with Gasteiger partial charge in [0.05, 0.1) is 0 Å². The average Bonchev–Trinajstić information content (AvgIpc) is 2.77. The zero-order chi connectivity index (χ0) is 12.3. The standard InChI is InChI=1S/C12H15ClN4/c1-3-7-17-10(5-6-14-17)12-15-9(4-2)8-11(13)16-12/h5-6,8H,3-4,7H2,1-2H3. The van der Waals surface area contributed by atoms with Gasteiger partial charge in [-0.05, 0) is 25.0 Å². The van der Waals surface area contributed by atoms with Crippen LogP contribution in [-0.4, -0.2) is 19.7 Å². The molecule has 0 spiro atoms. The molecule has 90 valence electrons. The van der Waals surface area contributed by atoms with Crippen molar-refractivity contribution in [1.29, 1.82) is 0 Å². The van der Waals surface area contributed by atoms with Gasteiger partial charge < -0.3 is 0 Å². The summed E-state index contributed by atoms with van der Waals surface area (Å²) in [5.41, 5.74) is 1.87. The molecule has 4 nitrogen and oxygen atoms in total. The molecule has 5 heteroatoms. The summed E-state index contributed by atoms with van der Waals surface area (Å²) < 4.78 is 1.91. The van der Waals surface area contributed by atoms with E-state index in [4.69, 9.17) is 11.6 Å². The first-order valence-electron chi connectivity index (χ1n) is 5.80. The van der Waals surface area contributed by atoms with Crippen LogP contribution in [0, 0.1) is 0 Å². The molecule has 0 saturated carbocycles. The van der Waals surface area contributed by atoms with Gasteiger partial charge in [-0.25, -0.2) is 9.97 Å². The first-order chi connectivity index (χ1) is 8.24. The first-order valence-corrected chi connectivity index (χ1v) is 6.18. The highest BCUT2D eigenvalue weighted by molar-refractivity contribution is 6.29. The van der Waals surface area contributed by atoms with Crippen molar-refractivity contribution in [2.75, 3.05) is 0 Å². The Balaban J connectivity index is 2.44. The Labute approximate surface area is 106 Å². The molecule has 0 unspecified atom stereocenters. The van der Waals surface area contributed by atoms with Gasteiger partial charge in [-0.1, -0.05) is 25.4 Å². The third-order valence-corrected chi connectivity index (χ3v) is 2.68. The van der Waals surface area contributed by atoms with Crippen LogP contribution in [0.15, 0.2) is 18.3 Å². The Hall–Kier alpha value is -1.42. The monoisotopic (exact) mass is 250 g/mol. The van der Waals surface area contributed by atoms with Crippen molar-refractivity contribution in [2.24, 2.45) is 0 Å². The highest BCUT2D eigenvalue weighted by Gasteiger charge is 2.09. The van der Waals surface area contributed by atoms with Crippen LogP contribution in [0.2, 0.25) is 5.15 Å². The second kappa shape index (κ2) is 5.27. The number of aromatic nitrogens is 4. The summed E-state index contributed by atoms with van der Waals surface area (Å²) in [5.74, 6) is 0.653. The summed E-state index contributed by atoms with van der Waals surface area (Å²) in [7, 11) is 0. The number of hydrogen-bond acceptors (Lipinski definition) is 3. The first kappa shape index (κ1) is 12.0. The number of rotatable bonds is 4. The summed E-state index contributed by atoms with van der Waals surface area (Å²) in [6, 6.07) is 3.71. The molecule has 0 aliphatic rings. The van der Waals surface area contributed by atoms with Crippen molar-refractivity contribution >= 4 is 11.6 Å². The van der Waals surface area contributed by atoms with E-state index in [-0.39, 0.29) is 0 Å². The van der Waals surface area contributed by atoms with Crippen LogP contribution < -0.4 is 0 Å². The SMILES string of the molecule is CCCn1nccc1-c1nc(Cl)cc(CC)n1. The predicted molar refractivity (Wildman–Crippen MR) is 67.9 cm³/mol. The van der Waals surface area contributed by atoms with E-state index in [9.17, 15) is 0 Å². The molecule has 2 aromatic rings. The fourth-order valence-electron chi connectivity index (χ4n) is 1.67. The zero-order valence-electron chi connectivity index (χ0n) is 10.0. The zero-order valence-corrected chi connectivity index (χ0v) is 10.8. The molecule has 0 bridgehead atoms. The van der Waals surface area contributed by atoms with E-state index in [0.29, 0.717) is 11.0 Å². The van der Waals surface area contributed by atoms with Crippen LogP contribution in [-0.2, 0) is 13.0 Å². The van der Waals surface area contributed by atoms with E-state index in [1.807, 2.05) is 17.7 Å². The molecule has 17 heavy (non-hydrogen) atoms. The largest absolute Gasteiger partial charge is 0.262 e. The lowest BCUT2D eigenvalue weighted by molar-refractivity contribution is 0.606. The Morgan fingerprint density at radius 2 is 2.12 bits per heavy atom. The number of aryl methyl sites for hydroxylation is 2. The number of hydrogen-bond donors (Lipinski definition) is 0. The minimum Gasteiger partial charge on any atom is -0.262 e. The van der Waals surface area contributed by atoms with E-state index in [2.05, 4.69) is 22.0 Å². The van der Waals surface area contributed by atoms with Crippen LogP contribution in [0.5, 0.6) is 0 Å². The lowest BCUT2D eigenvalue weighted by atomic mass is 10.3. The van der Waals surface area contributed by atoms with Gasteiger partial charge in [-0.2, -0.15) is 5.10 Å². The molecule has 0 fully saturated rings. The maximum absolute atomic E-state index is 5.99. The fourth-order valence-corrected chi connectivity index (χ4v) is 1.88. The average molecular weight is 251 g/mol. The smallest absolute Gasteiger partial charge is 0.179 e. The molecule has 0 N–H and O–H groups in total. The third-order valence-electron chi connectivity index (χ3n) is 2.49. The summed E-state index contributed by atoms with van der Waals surface area (Å²) in [4.78, 5) is 8.74. The fraction of sp³-hybridized carbons (Fsp3) is 0.417. The second-order valence-corrected chi connectivity index (χ2v) is 4.19. The lowest BCUT2D eigenvalue weighted by Crippen LogP contribution is -2.04. The van der Waals surface area contributed by atoms with Crippen molar-refractivity contribution in [2.45, 2.75) is 33.2 Å². The molecule has 2 rings (SSSR count). The Kier molecular flexibility index (Phi) is 3.74. The summed E-state index contributed by atoms with van der Waals surface area (Å²) in [6.45, 7) is 5.02. The molecule has 2 heterocycles. The van der Waals surface area contributed by atoms with E-state index in [1.165, 1.54) is 0 Å². The summed E-state index contributed by atoms with van der Waals surface area (Å²) in [6.07, 6.45) is 3.63. The quantitative estimate of drug-likeness (QED) is 0.784. The molecular formula is C12H15ClN4. The van der Waals surface area contributed by atoms with Gasteiger partial charge in [0.25, 0.3) is 0 Å². The molecule has 0 amide bonds. The number of halogens is 1.